The zero-order chi connectivity index (χ0) is 28.5. The summed E-state index contributed by atoms with van der Waals surface area (Å²) in [5.74, 6) is -0.170. The molecule has 2 amide bonds. The van der Waals surface area contributed by atoms with Gasteiger partial charge in [-0.25, -0.2) is 13.2 Å². The molecule has 3 heterocycles. The lowest BCUT2D eigenvalue weighted by Gasteiger charge is -2.40. The molecule has 3 saturated heterocycles. The maximum absolute atomic E-state index is 13.9. The van der Waals surface area contributed by atoms with Gasteiger partial charge in [-0.15, -0.1) is 0 Å². The molecule has 0 aromatic heterocycles. The van der Waals surface area contributed by atoms with Gasteiger partial charge in [-0.2, -0.15) is 0 Å². The molecule has 40 heavy (non-hydrogen) atoms. The number of nitrogens with zero attached hydrogens (tertiary/aromatic N) is 3. The van der Waals surface area contributed by atoms with Gasteiger partial charge in [0.1, 0.15) is 0 Å². The zero-order valence-electron chi connectivity index (χ0n) is 23.8. The average Bonchev–Trinajstić information content (AvgIpc) is 3.54. The van der Waals surface area contributed by atoms with Gasteiger partial charge in [0.15, 0.2) is 9.84 Å². The second kappa shape index (κ2) is 11.5. The molecule has 8 nitrogen and oxygen atoms in total. The lowest BCUT2D eigenvalue weighted by molar-refractivity contribution is -0.137. The predicted molar refractivity (Wildman–Crippen MR) is 154 cm³/mol. The number of hydrogen-bond donors (Lipinski definition) is 0. The van der Waals surface area contributed by atoms with Crippen LogP contribution in [0.5, 0.6) is 0 Å². The van der Waals surface area contributed by atoms with Crippen molar-refractivity contribution < 1.29 is 22.7 Å². The molecule has 0 aliphatic carbocycles. The Bertz CT molecular complexity index is 1300. The van der Waals surface area contributed by atoms with E-state index in [2.05, 4.69) is 17.0 Å². The van der Waals surface area contributed by atoms with Crippen molar-refractivity contribution in [1.82, 2.24) is 14.7 Å². The molecule has 2 aromatic carbocycles. The first-order valence-corrected chi connectivity index (χ1v) is 16.2. The Hall–Kier alpha value is -2.91. The molecule has 0 N–H and O–H groups in total. The molecule has 2 aromatic rings. The fraction of sp³-hybridized carbons (Fsp3) is 0.548. The number of ether oxygens (including phenoxy) is 1. The highest BCUT2D eigenvalue weighted by Gasteiger charge is 2.46. The van der Waals surface area contributed by atoms with Crippen LogP contribution in [-0.2, 0) is 25.9 Å². The van der Waals surface area contributed by atoms with Gasteiger partial charge in [-0.05, 0) is 68.3 Å². The zero-order valence-corrected chi connectivity index (χ0v) is 24.6. The number of carbonyl (C=O) groups excluding carboxylic acids is 2. The van der Waals surface area contributed by atoms with Crippen LogP contribution in [0.15, 0.2) is 59.5 Å². The minimum Gasteiger partial charge on any atom is -0.447 e. The van der Waals surface area contributed by atoms with Gasteiger partial charge >= 0.3 is 6.09 Å². The summed E-state index contributed by atoms with van der Waals surface area (Å²) in [7, 11) is -3.19. The lowest BCUT2D eigenvalue weighted by Crippen LogP contribution is -2.47. The van der Waals surface area contributed by atoms with Gasteiger partial charge in [0.05, 0.1) is 16.9 Å². The van der Waals surface area contributed by atoms with Crippen LogP contribution >= 0.6 is 0 Å². The number of benzene rings is 2. The fourth-order valence-electron chi connectivity index (χ4n) is 6.62. The van der Waals surface area contributed by atoms with Gasteiger partial charge in [-0.3, -0.25) is 9.69 Å². The maximum atomic E-state index is 13.9. The molecular formula is C31H41N3O5S. The summed E-state index contributed by atoms with van der Waals surface area (Å²) in [6.45, 7) is 8.84. The standard InChI is InChI=1S/C31H41N3O5S/c1-23(2)39-30(36)34-20-27(25-7-5-4-6-8-25)28(21-34)29(35)33-17-14-31(15-18-33)13-16-32(22-31)19-24-9-11-26(12-10-24)40(3,37)38/h4-12,23,27-28H,13-22H2,1-3H3/t27-,28-/m1/s1. The molecule has 9 heteroatoms. The Balaban J connectivity index is 1.20. The molecule has 0 radical (unpaired) electrons. The topological polar surface area (TPSA) is 87.2 Å². The molecule has 3 fully saturated rings. The third-order valence-corrected chi connectivity index (χ3v) is 10.00. The number of carbonyl (C=O) groups is 2. The molecule has 3 aliphatic rings. The molecule has 2 atom stereocenters. The van der Waals surface area contributed by atoms with E-state index in [1.54, 1.807) is 17.0 Å². The normalized spacial score (nSPS) is 23.2. The Labute approximate surface area is 238 Å². The van der Waals surface area contributed by atoms with Crippen molar-refractivity contribution in [2.24, 2.45) is 11.3 Å². The first kappa shape index (κ1) is 28.6. The van der Waals surface area contributed by atoms with Gasteiger partial charge < -0.3 is 14.5 Å². The van der Waals surface area contributed by atoms with Crippen LogP contribution < -0.4 is 0 Å². The van der Waals surface area contributed by atoms with Crippen molar-refractivity contribution in [2.75, 3.05) is 45.5 Å². The van der Waals surface area contributed by atoms with Gasteiger partial charge in [0.25, 0.3) is 0 Å². The minimum absolute atomic E-state index is 0.0413. The van der Waals surface area contributed by atoms with Crippen LogP contribution in [0.25, 0.3) is 0 Å². The third-order valence-electron chi connectivity index (χ3n) is 8.87. The summed E-state index contributed by atoms with van der Waals surface area (Å²) in [5.41, 5.74) is 2.42. The second-order valence-corrected chi connectivity index (χ2v) is 14.2. The number of amides is 2. The van der Waals surface area contributed by atoms with E-state index in [1.807, 2.05) is 49.1 Å². The van der Waals surface area contributed by atoms with Crippen molar-refractivity contribution in [1.29, 1.82) is 0 Å². The van der Waals surface area contributed by atoms with E-state index in [0.717, 1.165) is 63.1 Å². The first-order valence-electron chi connectivity index (χ1n) is 14.3. The summed E-state index contributed by atoms with van der Waals surface area (Å²) >= 11 is 0. The van der Waals surface area contributed by atoms with Crippen LogP contribution in [0.2, 0.25) is 0 Å². The molecule has 216 valence electrons. The highest BCUT2D eigenvalue weighted by molar-refractivity contribution is 7.90. The van der Waals surface area contributed by atoms with Crippen molar-refractivity contribution in [2.45, 2.75) is 56.6 Å². The molecule has 0 bridgehead atoms. The molecule has 5 rings (SSSR count). The summed E-state index contributed by atoms with van der Waals surface area (Å²) < 4.78 is 29.0. The highest BCUT2D eigenvalue weighted by atomic mass is 32.2. The van der Waals surface area contributed by atoms with Gasteiger partial charge in [0.2, 0.25) is 5.91 Å². The van der Waals surface area contributed by atoms with E-state index in [4.69, 9.17) is 4.74 Å². The van der Waals surface area contributed by atoms with Crippen LogP contribution in [0.4, 0.5) is 4.79 Å². The minimum atomic E-state index is -3.19. The Morgan fingerprint density at radius 1 is 0.925 bits per heavy atom. The van der Waals surface area contributed by atoms with Crippen molar-refractivity contribution in [3.63, 3.8) is 0 Å². The van der Waals surface area contributed by atoms with E-state index in [1.165, 1.54) is 6.26 Å². The van der Waals surface area contributed by atoms with Crippen LogP contribution in [0.3, 0.4) is 0 Å². The number of piperidine rings is 1. The third kappa shape index (κ3) is 6.36. The monoisotopic (exact) mass is 567 g/mol. The largest absolute Gasteiger partial charge is 0.447 e. The number of likely N-dealkylation sites (tertiary alicyclic amines) is 3. The number of rotatable bonds is 6. The van der Waals surface area contributed by atoms with Gasteiger partial charge in [-0.1, -0.05) is 42.5 Å². The summed E-state index contributed by atoms with van der Waals surface area (Å²) in [6.07, 6.45) is 3.75. The lowest BCUT2D eigenvalue weighted by atomic mass is 9.77. The Morgan fingerprint density at radius 3 is 2.20 bits per heavy atom. The van der Waals surface area contributed by atoms with Crippen LogP contribution in [-0.4, -0.2) is 86.7 Å². The summed E-state index contributed by atoms with van der Waals surface area (Å²) in [5, 5.41) is 0. The number of sulfone groups is 1. The fourth-order valence-corrected chi connectivity index (χ4v) is 7.25. The second-order valence-electron chi connectivity index (χ2n) is 12.2. The number of hydrogen-bond acceptors (Lipinski definition) is 6. The Morgan fingerprint density at radius 2 is 1.57 bits per heavy atom. The van der Waals surface area contributed by atoms with Crippen molar-refractivity contribution >= 4 is 21.8 Å². The van der Waals surface area contributed by atoms with E-state index in [9.17, 15) is 18.0 Å². The van der Waals surface area contributed by atoms with E-state index in [0.29, 0.717) is 18.0 Å². The van der Waals surface area contributed by atoms with Crippen LogP contribution in [0.1, 0.15) is 50.2 Å². The highest BCUT2D eigenvalue weighted by Crippen LogP contribution is 2.42. The molecule has 0 unspecified atom stereocenters. The SMILES string of the molecule is CC(C)OC(=O)N1C[C@H](c2ccccc2)[C@H](C(=O)N2CCC3(CCN(Cc4ccc(S(C)(=O)=O)cc4)C3)CC2)C1. The Kier molecular flexibility index (Phi) is 8.25. The smallest absolute Gasteiger partial charge is 0.410 e. The van der Waals surface area contributed by atoms with Crippen molar-refractivity contribution in [3.8, 4) is 0 Å². The average molecular weight is 568 g/mol. The summed E-state index contributed by atoms with van der Waals surface area (Å²) in [4.78, 5) is 33.1. The predicted octanol–water partition coefficient (Wildman–Crippen LogP) is 4.17. The molecular weight excluding hydrogens is 526 g/mol. The molecule has 0 saturated carbocycles. The first-order chi connectivity index (χ1) is 19.0. The van der Waals surface area contributed by atoms with E-state index >= 15 is 0 Å². The molecule has 1 spiro atoms. The summed E-state index contributed by atoms with van der Waals surface area (Å²) in [6, 6.07) is 17.3. The van der Waals surface area contributed by atoms with E-state index in [-0.39, 0.29) is 35.4 Å². The maximum Gasteiger partial charge on any atom is 0.410 e. The molecule has 3 aliphatic heterocycles. The van der Waals surface area contributed by atoms with E-state index < -0.39 is 9.84 Å². The van der Waals surface area contributed by atoms with Gasteiger partial charge in [0, 0.05) is 51.4 Å². The van der Waals surface area contributed by atoms with Crippen molar-refractivity contribution in [3.05, 3.63) is 65.7 Å². The van der Waals surface area contributed by atoms with Crippen LogP contribution in [0, 0.1) is 11.3 Å². The quantitative estimate of drug-likeness (QED) is 0.521.